The van der Waals surface area contributed by atoms with Crippen molar-refractivity contribution >= 4 is 0 Å². The van der Waals surface area contributed by atoms with Crippen LogP contribution in [0.25, 0.3) is 0 Å². The second-order valence-electron chi connectivity index (χ2n) is 4.27. The lowest BCUT2D eigenvalue weighted by molar-refractivity contribution is 0.243. The average Bonchev–Trinajstić information content (AvgIpc) is 2.91. The molecular weight excluding hydrogens is 228 g/mol. The summed E-state index contributed by atoms with van der Waals surface area (Å²) in [6.07, 6.45) is 3.71. The molecule has 0 amide bonds. The number of rotatable bonds is 4. The Balaban J connectivity index is 0.000000771. The van der Waals surface area contributed by atoms with E-state index in [9.17, 15) is 5.11 Å². The fourth-order valence-electron chi connectivity index (χ4n) is 2.38. The summed E-state index contributed by atoms with van der Waals surface area (Å²) in [5.41, 5.74) is 1.24. The zero-order chi connectivity index (χ0) is 13.4. The van der Waals surface area contributed by atoms with E-state index in [0.29, 0.717) is 5.88 Å². The van der Waals surface area contributed by atoms with Crippen LogP contribution in [0, 0.1) is 0 Å². The maximum absolute atomic E-state index is 9.18. The predicted octanol–water partition coefficient (Wildman–Crippen LogP) is 1.73. The number of ether oxygens (including phenoxy) is 1. The van der Waals surface area contributed by atoms with Crippen LogP contribution in [0.3, 0.4) is 0 Å². The Labute approximate surface area is 109 Å². The molecule has 1 aliphatic rings. The molecule has 0 aliphatic carbocycles. The molecule has 2 heterocycles. The number of aliphatic hydroxyl groups excluding tert-OH is 1. The Kier molecular flexibility index (Phi) is 6.09. The summed E-state index contributed by atoms with van der Waals surface area (Å²) >= 11 is 0. The molecule has 0 aromatic carbocycles. The maximum atomic E-state index is 9.18. The first-order valence-corrected chi connectivity index (χ1v) is 6.63. The molecule has 1 aromatic heterocycles. The number of methoxy groups -OCH3 is 1. The largest absolute Gasteiger partial charge is 0.481 e. The smallest absolute Gasteiger partial charge is 0.212 e. The van der Waals surface area contributed by atoms with Crippen LogP contribution in [-0.2, 0) is 5.41 Å². The van der Waals surface area contributed by atoms with Gasteiger partial charge in [0, 0.05) is 30.8 Å². The zero-order valence-electron chi connectivity index (χ0n) is 11.6. The summed E-state index contributed by atoms with van der Waals surface area (Å²) in [5, 5.41) is 12.5. The molecule has 102 valence electrons. The summed E-state index contributed by atoms with van der Waals surface area (Å²) in [6, 6.07) is 3.93. The van der Waals surface area contributed by atoms with Crippen LogP contribution in [0.4, 0.5) is 0 Å². The van der Waals surface area contributed by atoms with Gasteiger partial charge in [-0.1, -0.05) is 19.9 Å². The molecule has 1 saturated heterocycles. The van der Waals surface area contributed by atoms with Crippen molar-refractivity contribution in [2.24, 2.45) is 0 Å². The van der Waals surface area contributed by atoms with E-state index in [2.05, 4.69) is 16.4 Å². The van der Waals surface area contributed by atoms with E-state index in [0.717, 1.165) is 25.9 Å². The van der Waals surface area contributed by atoms with E-state index in [1.54, 1.807) is 7.11 Å². The summed E-state index contributed by atoms with van der Waals surface area (Å²) in [6.45, 7) is 6.14. The first-order valence-electron chi connectivity index (χ1n) is 6.63. The predicted molar refractivity (Wildman–Crippen MR) is 73.0 cm³/mol. The van der Waals surface area contributed by atoms with E-state index in [1.165, 1.54) is 5.56 Å². The quantitative estimate of drug-likeness (QED) is 0.857. The molecular formula is C14H24N2O2. The van der Waals surface area contributed by atoms with Gasteiger partial charge in [-0.05, 0) is 24.9 Å². The van der Waals surface area contributed by atoms with Crippen molar-refractivity contribution in [3.8, 4) is 5.88 Å². The van der Waals surface area contributed by atoms with Crippen LogP contribution < -0.4 is 10.1 Å². The third kappa shape index (κ3) is 3.21. The molecule has 2 rings (SSSR count). The third-order valence-corrected chi connectivity index (χ3v) is 3.39. The molecule has 1 fully saturated rings. The van der Waals surface area contributed by atoms with Crippen molar-refractivity contribution in [1.29, 1.82) is 0 Å². The highest BCUT2D eigenvalue weighted by molar-refractivity contribution is 5.28. The summed E-state index contributed by atoms with van der Waals surface area (Å²) in [4.78, 5) is 4.24. The number of hydrogen-bond donors (Lipinski definition) is 2. The van der Waals surface area contributed by atoms with E-state index < -0.39 is 0 Å². The number of nitrogens with one attached hydrogen (secondary N) is 1. The van der Waals surface area contributed by atoms with Crippen molar-refractivity contribution in [2.75, 3.05) is 26.8 Å². The number of hydrogen-bond acceptors (Lipinski definition) is 4. The number of aliphatic hydroxyl groups is 1. The Morgan fingerprint density at radius 1 is 1.44 bits per heavy atom. The minimum atomic E-state index is 0.0496. The average molecular weight is 252 g/mol. The van der Waals surface area contributed by atoms with Crippen LogP contribution in [0.5, 0.6) is 5.88 Å². The SMILES string of the molecule is CC.COc1ccc(C2(CCO)CCNC2)cn1. The van der Waals surface area contributed by atoms with Gasteiger partial charge >= 0.3 is 0 Å². The molecule has 2 N–H and O–H groups in total. The van der Waals surface area contributed by atoms with E-state index in [1.807, 2.05) is 26.1 Å². The maximum Gasteiger partial charge on any atom is 0.212 e. The molecule has 1 unspecified atom stereocenters. The van der Waals surface area contributed by atoms with E-state index in [4.69, 9.17) is 4.74 Å². The van der Waals surface area contributed by atoms with Gasteiger partial charge in [-0.3, -0.25) is 0 Å². The normalized spacial score (nSPS) is 22.2. The lowest BCUT2D eigenvalue weighted by Crippen LogP contribution is -2.30. The summed E-state index contributed by atoms with van der Waals surface area (Å²) in [7, 11) is 1.61. The minimum absolute atomic E-state index is 0.0496. The van der Waals surface area contributed by atoms with Gasteiger partial charge in [0.25, 0.3) is 0 Å². The zero-order valence-corrected chi connectivity index (χ0v) is 11.6. The van der Waals surface area contributed by atoms with E-state index >= 15 is 0 Å². The van der Waals surface area contributed by atoms with Crippen molar-refractivity contribution in [3.05, 3.63) is 23.9 Å². The van der Waals surface area contributed by atoms with Crippen molar-refractivity contribution in [3.63, 3.8) is 0 Å². The second kappa shape index (κ2) is 7.34. The fraction of sp³-hybridized carbons (Fsp3) is 0.643. The Morgan fingerprint density at radius 2 is 2.22 bits per heavy atom. The monoisotopic (exact) mass is 252 g/mol. The third-order valence-electron chi connectivity index (χ3n) is 3.39. The van der Waals surface area contributed by atoms with Crippen LogP contribution in [0.15, 0.2) is 18.3 Å². The number of nitrogens with zero attached hydrogens (tertiary/aromatic N) is 1. The van der Waals surface area contributed by atoms with Gasteiger partial charge in [0.15, 0.2) is 0 Å². The lowest BCUT2D eigenvalue weighted by atomic mass is 9.78. The molecule has 1 atom stereocenters. The van der Waals surface area contributed by atoms with Gasteiger partial charge in [0.1, 0.15) is 0 Å². The van der Waals surface area contributed by atoms with Crippen molar-refractivity contribution in [1.82, 2.24) is 10.3 Å². The number of aromatic nitrogens is 1. The molecule has 0 spiro atoms. The summed E-state index contributed by atoms with van der Waals surface area (Å²) in [5.74, 6) is 0.633. The van der Waals surface area contributed by atoms with Crippen LogP contribution in [-0.4, -0.2) is 36.9 Å². The fourth-order valence-corrected chi connectivity index (χ4v) is 2.38. The topological polar surface area (TPSA) is 54.4 Å². The highest BCUT2D eigenvalue weighted by Crippen LogP contribution is 2.34. The van der Waals surface area contributed by atoms with Crippen LogP contribution >= 0.6 is 0 Å². The molecule has 1 aromatic rings. The van der Waals surface area contributed by atoms with E-state index in [-0.39, 0.29) is 12.0 Å². The highest BCUT2D eigenvalue weighted by Gasteiger charge is 2.35. The molecule has 18 heavy (non-hydrogen) atoms. The van der Waals surface area contributed by atoms with Gasteiger partial charge < -0.3 is 15.2 Å². The van der Waals surface area contributed by atoms with Crippen LogP contribution in [0.2, 0.25) is 0 Å². The molecule has 0 radical (unpaired) electrons. The van der Waals surface area contributed by atoms with Crippen molar-refractivity contribution in [2.45, 2.75) is 32.1 Å². The standard InChI is InChI=1S/C12H18N2O2.C2H6/c1-16-11-3-2-10(8-14-11)12(5-7-15)4-6-13-9-12;1-2/h2-3,8,13,15H,4-7,9H2,1H3;1-2H3. The van der Waals surface area contributed by atoms with Gasteiger partial charge in [-0.2, -0.15) is 0 Å². The molecule has 4 nitrogen and oxygen atoms in total. The van der Waals surface area contributed by atoms with Gasteiger partial charge in [0.2, 0.25) is 5.88 Å². The Bertz CT molecular complexity index is 332. The van der Waals surface area contributed by atoms with Crippen LogP contribution in [0.1, 0.15) is 32.3 Å². The molecule has 1 aliphatic heterocycles. The Morgan fingerprint density at radius 3 is 2.67 bits per heavy atom. The Hall–Kier alpha value is -1.13. The molecule has 0 bridgehead atoms. The first-order chi connectivity index (χ1) is 8.80. The highest BCUT2D eigenvalue weighted by atomic mass is 16.5. The van der Waals surface area contributed by atoms with Crippen molar-refractivity contribution < 1.29 is 9.84 Å². The molecule has 4 heteroatoms. The second-order valence-corrected chi connectivity index (χ2v) is 4.27. The summed E-state index contributed by atoms with van der Waals surface area (Å²) < 4.78 is 5.05. The number of pyridine rings is 1. The van der Waals surface area contributed by atoms with Gasteiger partial charge in [-0.25, -0.2) is 4.98 Å². The van der Waals surface area contributed by atoms with Gasteiger partial charge in [-0.15, -0.1) is 0 Å². The molecule has 0 saturated carbocycles. The lowest BCUT2D eigenvalue weighted by Gasteiger charge is -2.27. The minimum Gasteiger partial charge on any atom is -0.481 e. The first kappa shape index (κ1) is 14.9. The van der Waals surface area contributed by atoms with Gasteiger partial charge in [0.05, 0.1) is 7.11 Å².